The molecule has 7 heteroatoms. The Balaban J connectivity index is 1.59. The number of anilines is 2. The van der Waals surface area contributed by atoms with Gasteiger partial charge in [0.2, 0.25) is 0 Å². The minimum absolute atomic E-state index is 0.118. The molecule has 0 aliphatic heterocycles. The van der Waals surface area contributed by atoms with E-state index in [1.807, 2.05) is 49.5 Å². The zero-order valence-electron chi connectivity index (χ0n) is 16.9. The summed E-state index contributed by atoms with van der Waals surface area (Å²) in [5.41, 5.74) is 2.56. The molecule has 0 fully saturated rings. The molecule has 0 spiro atoms. The fourth-order valence-corrected chi connectivity index (χ4v) is 3.42. The van der Waals surface area contributed by atoms with Crippen LogP contribution in [0, 0.1) is 0 Å². The van der Waals surface area contributed by atoms with Crippen LogP contribution in [0.15, 0.2) is 73.1 Å². The van der Waals surface area contributed by atoms with Crippen molar-refractivity contribution >= 4 is 39.8 Å². The lowest BCUT2D eigenvalue weighted by atomic mass is 10.0. The Morgan fingerprint density at radius 2 is 1.87 bits per heavy atom. The molecule has 156 valence electrons. The van der Waals surface area contributed by atoms with Gasteiger partial charge >= 0.3 is 0 Å². The van der Waals surface area contributed by atoms with Crippen LogP contribution in [0.25, 0.3) is 10.9 Å². The van der Waals surface area contributed by atoms with Crippen LogP contribution in [0.5, 0.6) is 5.75 Å². The third kappa shape index (κ3) is 4.82. The van der Waals surface area contributed by atoms with E-state index in [0.29, 0.717) is 28.6 Å². The molecule has 1 heterocycles. The first-order valence-electron chi connectivity index (χ1n) is 9.84. The maximum Gasteiger partial charge on any atom is 0.194 e. The number of likely N-dealkylation sites (N-methyl/N-ethyl adjacent to an activating group) is 1. The number of carbonyl (C=O) groups is 1. The molecule has 0 atom stereocenters. The van der Waals surface area contributed by atoms with Gasteiger partial charge in [-0.15, -0.1) is 0 Å². The molecule has 6 nitrogen and oxygen atoms in total. The molecule has 3 aromatic carbocycles. The Kier molecular flexibility index (Phi) is 6.40. The summed E-state index contributed by atoms with van der Waals surface area (Å²) in [4.78, 5) is 21.4. The van der Waals surface area contributed by atoms with Gasteiger partial charge in [-0.1, -0.05) is 41.9 Å². The van der Waals surface area contributed by atoms with E-state index < -0.39 is 0 Å². The zero-order chi connectivity index (χ0) is 21.6. The van der Waals surface area contributed by atoms with Crippen LogP contribution in [-0.4, -0.2) is 36.0 Å². The van der Waals surface area contributed by atoms with Gasteiger partial charge in [-0.2, -0.15) is 0 Å². The first-order chi connectivity index (χ1) is 15.2. The fourth-order valence-electron chi connectivity index (χ4n) is 3.15. The third-order valence-electron chi connectivity index (χ3n) is 4.74. The second kappa shape index (κ2) is 9.55. The van der Waals surface area contributed by atoms with Crippen molar-refractivity contribution in [2.75, 3.05) is 25.5 Å². The molecule has 31 heavy (non-hydrogen) atoms. The third-order valence-corrected chi connectivity index (χ3v) is 5.05. The minimum atomic E-state index is -0.118. The second-order valence-corrected chi connectivity index (χ2v) is 7.28. The predicted molar refractivity (Wildman–Crippen MR) is 124 cm³/mol. The average molecular weight is 433 g/mol. The number of benzene rings is 3. The first kappa shape index (κ1) is 20.8. The highest BCUT2D eigenvalue weighted by molar-refractivity contribution is 6.35. The molecule has 0 aliphatic rings. The highest BCUT2D eigenvalue weighted by Gasteiger charge is 2.14. The largest absolute Gasteiger partial charge is 0.492 e. The van der Waals surface area contributed by atoms with Gasteiger partial charge in [0.15, 0.2) is 5.78 Å². The monoisotopic (exact) mass is 432 g/mol. The number of hydrogen-bond acceptors (Lipinski definition) is 6. The number of hydrogen-bond donors (Lipinski definition) is 2. The summed E-state index contributed by atoms with van der Waals surface area (Å²) in [6, 6.07) is 20.0. The van der Waals surface area contributed by atoms with E-state index >= 15 is 0 Å². The topological polar surface area (TPSA) is 76.1 Å². The summed E-state index contributed by atoms with van der Waals surface area (Å²) in [6.45, 7) is 1.31. The van der Waals surface area contributed by atoms with Crippen molar-refractivity contribution in [2.24, 2.45) is 0 Å². The number of fused-ring (bicyclic) bond motifs is 1. The van der Waals surface area contributed by atoms with Crippen molar-refractivity contribution in [1.29, 1.82) is 0 Å². The highest BCUT2D eigenvalue weighted by Crippen LogP contribution is 2.29. The van der Waals surface area contributed by atoms with Gasteiger partial charge in [0.25, 0.3) is 0 Å². The molecular formula is C24H21ClN4O2. The second-order valence-electron chi connectivity index (χ2n) is 6.87. The van der Waals surface area contributed by atoms with E-state index in [1.54, 1.807) is 24.3 Å². The van der Waals surface area contributed by atoms with Crippen molar-refractivity contribution < 1.29 is 9.53 Å². The van der Waals surface area contributed by atoms with Crippen LogP contribution >= 0.6 is 11.6 Å². The maximum absolute atomic E-state index is 12.7. The molecule has 0 saturated heterocycles. The molecule has 1 aromatic heterocycles. The Morgan fingerprint density at radius 1 is 1.03 bits per heavy atom. The van der Waals surface area contributed by atoms with E-state index in [1.165, 1.54) is 6.33 Å². The molecule has 0 radical (unpaired) electrons. The summed E-state index contributed by atoms with van der Waals surface area (Å²) in [6.07, 6.45) is 1.50. The van der Waals surface area contributed by atoms with Crippen LogP contribution in [-0.2, 0) is 0 Å². The van der Waals surface area contributed by atoms with E-state index in [2.05, 4.69) is 20.6 Å². The van der Waals surface area contributed by atoms with E-state index in [0.717, 1.165) is 28.9 Å². The number of ether oxygens (including phenoxy) is 1. The quantitative estimate of drug-likeness (QED) is 0.306. The van der Waals surface area contributed by atoms with E-state index in [-0.39, 0.29) is 5.78 Å². The molecule has 0 saturated carbocycles. The molecule has 0 aliphatic carbocycles. The molecule has 0 amide bonds. The molecule has 2 N–H and O–H groups in total. The van der Waals surface area contributed by atoms with Gasteiger partial charge in [0, 0.05) is 28.7 Å². The first-order valence-corrected chi connectivity index (χ1v) is 10.2. The van der Waals surface area contributed by atoms with Gasteiger partial charge in [-0.25, -0.2) is 9.97 Å². The number of nitrogens with one attached hydrogen (secondary N) is 2. The number of aromatic nitrogens is 2. The normalized spacial score (nSPS) is 10.8. The molecular weight excluding hydrogens is 412 g/mol. The van der Waals surface area contributed by atoms with Gasteiger partial charge in [0.05, 0.1) is 10.5 Å². The minimum Gasteiger partial charge on any atom is -0.492 e. The smallest absolute Gasteiger partial charge is 0.194 e. The SMILES string of the molecule is CNCCOc1ccc2ncnc(Nc3ccc(C(=O)c4ccccc4)c(Cl)c3)c2c1. The fraction of sp³-hybridized carbons (Fsp3) is 0.125. The summed E-state index contributed by atoms with van der Waals surface area (Å²) in [5.74, 6) is 1.25. The molecule has 0 unspecified atom stereocenters. The molecule has 4 aromatic rings. The van der Waals surface area contributed by atoms with Crippen molar-refractivity contribution in [2.45, 2.75) is 0 Å². The number of ketones is 1. The van der Waals surface area contributed by atoms with Gasteiger partial charge < -0.3 is 15.4 Å². The lowest BCUT2D eigenvalue weighted by Gasteiger charge is -2.12. The Bertz CT molecular complexity index is 1210. The van der Waals surface area contributed by atoms with Gasteiger partial charge in [-0.3, -0.25) is 4.79 Å². The number of halogens is 1. The van der Waals surface area contributed by atoms with Crippen molar-refractivity contribution in [3.8, 4) is 5.75 Å². The van der Waals surface area contributed by atoms with Crippen molar-refractivity contribution in [1.82, 2.24) is 15.3 Å². The Morgan fingerprint density at radius 3 is 2.65 bits per heavy atom. The zero-order valence-corrected chi connectivity index (χ0v) is 17.7. The average Bonchev–Trinajstić information content (AvgIpc) is 2.80. The van der Waals surface area contributed by atoms with Crippen LogP contribution in [0.3, 0.4) is 0 Å². The Labute approximate surface area is 185 Å². The van der Waals surface area contributed by atoms with E-state index in [9.17, 15) is 4.79 Å². The van der Waals surface area contributed by atoms with Gasteiger partial charge in [-0.05, 0) is 43.4 Å². The lowest BCUT2D eigenvalue weighted by molar-refractivity contribution is 0.103. The number of nitrogens with zero attached hydrogens (tertiary/aromatic N) is 2. The molecule has 0 bridgehead atoms. The van der Waals surface area contributed by atoms with Crippen LogP contribution in [0.4, 0.5) is 11.5 Å². The van der Waals surface area contributed by atoms with Gasteiger partial charge in [0.1, 0.15) is 24.5 Å². The summed E-state index contributed by atoms with van der Waals surface area (Å²) in [7, 11) is 1.88. The Hall–Kier alpha value is -3.48. The van der Waals surface area contributed by atoms with Crippen molar-refractivity contribution in [3.05, 3.63) is 89.2 Å². The lowest BCUT2D eigenvalue weighted by Crippen LogP contribution is -2.15. The summed E-state index contributed by atoms with van der Waals surface area (Å²) < 4.78 is 5.76. The number of carbonyl (C=O) groups excluding carboxylic acids is 1. The van der Waals surface area contributed by atoms with Crippen LogP contribution in [0.1, 0.15) is 15.9 Å². The maximum atomic E-state index is 12.7. The highest BCUT2D eigenvalue weighted by atomic mass is 35.5. The standard InChI is InChI=1S/C24H21ClN4O2/c1-26-11-12-31-18-8-10-22-20(14-18)24(28-15-27-22)29-17-7-9-19(21(25)13-17)23(30)16-5-3-2-4-6-16/h2-10,13-15,26H,11-12H2,1H3,(H,27,28,29). The number of rotatable bonds is 8. The van der Waals surface area contributed by atoms with E-state index in [4.69, 9.17) is 16.3 Å². The summed E-state index contributed by atoms with van der Waals surface area (Å²) >= 11 is 6.44. The predicted octanol–water partition coefficient (Wildman–Crippen LogP) is 4.86. The molecule has 4 rings (SSSR count). The van der Waals surface area contributed by atoms with Crippen LogP contribution < -0.4 is 15.4 Å². The van der Waals surface area contributed by atoms with Crippen LogP contribution in [0.2, 0.25) is 5.02 Å². The summed E-state index contributed by atoms with van der Waals surface area (Å²) in [5, 5.41) is 7.52. The van der Waals surface area contributed by atoms with Crippen molar-refractivity contribution in [3.63, 3.8) is 0 Å².